The van der Waals surface area contributed by atoms with Crippen LogP contribution in [-0.4, -0.2) is 37.5 Å². The first kappa shape index (κ1) is 18.8. The highest BCUT2D eigenvalue weighted by molar-refractivity contribution is 5.94. The number of hydrogen-bond donors (Lipinski definition) is 1. The van der Waals surface area contributed by atoms with Crippen molar-refractivity contribution in [1.82, 2.24) is 10.2 Å². The first-order valence-electron chi connectivity index (χ1n) is 8.96. The Morgan fingerprint density at radius 1 is 1.15 bits per heavy atom. The first-order chi connectivity index (χ1) is 13.1. The Kier molecular flexibility index (Phi) is 5.96. The van der Waals surface area contributed by atoms with Crippen molar-refractivity contribution in [3.8, 4) is 11.5 Å². The Bertz CT molecular complexity index is 835. The Hall–Kier alpha value is -3.02. The molecule has 0 bridgehead atoms. The molecule has 6 heteroatoms. The number of likely N-dealkylation sites (tertiary alicyclic amines) is 1. The van der Waals surface area contributed by atoms with Gasteiger partial charge in [-0.1, -0.05) is 12.1 Å². The number of hydrogen-bond acceptors (Lipinski definition) is 4. The van der Waals surface area contributed by atoms with Gasteiger partial charge in [-0.15, -0.1) is 0 Å². The average molecular weight is 368 g/mol. The highest BCUT2D eigenvalue weighted by Gasteiger charge is 2.20. The van der Waals surface area contributed by atoms with Gasteiger partial charge in [-0.05, 0) is 42.3 Å². The van der Waals surface area contributed by atoms with E-state index in [0.717, 1.165) is 24.1 Å². The minimum atomic E-state index is -0.172. The van der Waals surface area contributed by atoms with Crippen molar-refractivity contribution in [1.29, 1.82) is 0 Å². The largest absolute Gasteiger partial charge is 0.497 e. The van der Waals surface area contributed by atoms with Crippen LogP contribution in [0.4, 0.5) is 0 Å². The van der Waals surface area contributed by atoms with Crippen LogP contribution < -0.4 is 14.8 Å². The summed E-state index contributed by atoms with van der Waals surface area (Å²) in [6, 6.07) is 12.9. The third-order valence-electron chi connectivity index (χ3n) is 4.66. The van der Waals surface area contributed by atoms with Crippen LogP contribution in [0, 0.1) is 0 Å². The van der Waals surface area contributed by atoms with E-state index in [1.165, 1.54) is 0 Å². The molecule has 2 aromatic rings. The average Bonchev–Trinajstić information content (AvgIpc) is 3.10. The van der Waals surface area contributed by atoms with E-state index in [1.807, 2.05) is 41.3 Å². The number of carbonyl (C=O) groups is 2. The van der Waals surface area contributed by atoms with Crippen molar-refractivity contribution in [3.05, 3.63) is 59.2 Å². The summed E-state index contributed by atoms with van der Waals surface area (Å²) in [6.45, 7) is 1.66. The molecule has 2 aromatic carbocycles. The zero-order chi connectivity index (χ0) is 19.2. The lowest BCUT2D eigenvalue weighted by Gasteiger charge is -2.16. The Morgan fingerprint density at radius 3 is 2.70 bits per heavy atom. The molecule has 1 saturated heterocycles. The second kappa shape index (κ2) is 8.58. The predicted molar refractivity (Wildman–Crippen MR) is 102 cm³/mol. The Morgan fingerprint density at radius 2 is 2.00 bits per heavy atom. The first-order valence-corrected chi connectivity index (χ1v) is 8.96. The maximum Gasteiger partial charge on any atom is 0.251 e. The van der Waals surface area contributed by atoms with Crippen molar-refractivity contribution in [2.75, 3.05) is 20.8 Å². The van der Waals surface area contributed by atoms with E-state index >= 15 is 0 Å². The summed E-state index contributed by atoms with van der Waals surface area (Å²) in [5, 5.41) is 2.92. The second-order valence-electron chi connectivity index (χ2n) is 6.48. The molecular formula is C21H24N2O4. The third kappa shape index (κ3) is 4.58. The third-order valence-corrected chi connectivity index (χ3v) is 4.66. The highest BCUT2D eigenvalue weighted by Crippen LogP contribution is 2.24. The fourth-order valence-electron chi connectivity index (χ4n) is 3.20. The molecule has 0 unspecified atom stereocenters. The maximum atomic E-state index is 12.6. The number of ether oxygens (including phenoxy) is 2. The highest BCUT2D eigenvalue weighted by atomic mass is 16.5. The van der Waals surface area contributed by atoms with Gasteiger partial charge >= 0.3 is 0 Å². The maximum absolute atomic E-state index is 12.6. The van der Waals surface area contributed by atoms with Crippen LogP contribution in [0.2, 0.25) is 0 Å². The number of nitrogens with zero attached hydrogens (tertiary/aromatic N) is 1. The van der Waals surface area contributed by atoms with Gasteiger partial charge in [-0.3, -0.25) is 9.59 Å². The zero-order valence-corrected chi connectivity index (χ0v) is 15.7. The van der Waals surface area contributed by atoms with Crippen LogP contribution in [0.15, 0.2) is 42.5 Å². The van der Waals surface area contributed by atoms with Gasteiger partial charge in [0.25, 0.3) is 5.91 Å². The van der Waals surface area contributed by atoms with E-state index in [2.05, 4.69) is 5.32 Å². The number of amides is 2. The second-order valence-corrected chi connectivity index (χ2v) is 6.48. The lowest BCUT2D eigenvalue weighted by Crippen LogP contribution is -2.25. The van der Waals surface area contributed by atoms with Gasteiger partial charge in [-0.25, -0.2) is 0 Å². The molecule has 3 rings (SSSR count). The molecule has 0 spiro atoms. The van der Waals surface area contributed by atoms with Gasteiger partial charge < -0.3 is 19.7 Å². The van der Waals surface area contributed by atoms with E-state index in [1.54, 1.807) is 20.3 Å². The molecule has 0 saturated carbocycles. The number of carbonyl (C=O) groups excluding carboxylic acids is 2. The summed E-state index contributed by atoms with van der Waals surface area (Å²) < 4.78 is 10.6. The summed E-state index contributed by atoms with van der Waals surface area (Å²) in [5.41, 5.74) is 2.36. The molecule has 0 aromatic heterocycles. The molecule has 1 N–H and O–H groups in total. The van der Waals surface area contributed by atoms with E-state index in [0.29, 0.717) is 36.6 Å². The van der Waals surface area contributed by atoms with Gasteiger partial charge in [-0.2, -0.15) is 0 Å². The van der Waals surface area contributed by atoms with Crippen LogP contribution in [0.5, 0.6) is 11.5 Å². The summed E-state index contributed by atoms with van der Waals surface area (Å²) in [7, 11) is 3.19. The van der Waals surface area contributed by atoms with Gasteiger partial charge in [0.1, 0.15) is 11.5 Å². The van der Waals surface area contributed by atoms with E-state index in [4.69, 9.17) is 9.47 Å². The molecule has 0 aliphatic carbocycles. The molecule has 0 radical (unpaired) electrons. The predicted octanol–water partition coefficient (Wildman–Crippen LogP) is 2.76. The smallest absolute Gasteiger partial charge is 0.251 e. The molecular weight excluding hydrogens is 344 g/mol. The van der Waals surface area contributed by atoms with Crippen molar-refractivity contribution in [2.24, 2.45) is 0 Å². The minimum absolute atomic E-state index is 0.172. The van der Waals surface area contributed by atoms with Crippen molar-refractivity contribution in [2.45, 2.75) is 25.9 Å². The topological polar surface area (TPSA) is 67.9 Å². The van der Waals surface area contributed by atoms with Crippen molar-refractivity contribution >= 4 is 11.8 Å². The van der Waals surface area contributed by atoms with Crippen molar-refractivity contribution < 1.29 is 19.1 Å². The van der Waals surface area contributed by atoms with E-state index < -0.39 is 0 Å². The monoisotopic (exact) mass is 368 g/mol. The molecule has 1 aliphatic heterocycles. The quantitative estimate of drug-likeness (QED) is 0.816. The van der Waals surface area contributed by atoms with Gasteiger partial charge in [0.2, 0.25) is 5.91 Å². The number of nitrogens with one attached hydrogen (secondary N) is 1. The molecule has 2 amide bonds. The van der Waals surface area contributed by atoms with E-state index in [-0.39, 0.29) is 11.8 Å². The molecule has 6 nitrogen and oxygen atoms in total. The molecule has 1 fully saturated rings. The molecule has 142 valence electrons. The lowest BCUT2D eigenvalue weighted by molar-refractivity contribution is -0.128. The number of benzene rings is 2. The molecule has 1 aliphatic rings. The molecule has 0 atom stereocenters. The van der Waals surface area contributed by atoms with Crippen LogP contribution in [0.3, 0.4) is 0 Å². The van der Waals surface area contributed by atoms with Crippen LogP contribution in [0.25, 0.3) is 0 Å². The van der Waals surface area contributed by atoms with Crippen LogP contribution in [0.1, 0.15) is 34.3 Å². The summed E-state index contributed by atoms with van der Waals surface area (Å²) >= 11 is 0. The normalized spacial score (nSPS) is 13.6. The van der Waals surface area contributed by atoms with Gasteiger partial charge in [0, 0.05) is 37.2 Å². The summed E-state index contributed by atoms with van der Waals surface area (Å²) in [6.07, 6.45) is 1.52. The van der Waals surface area contributed by atoms with Crippen LogP contribution >= 0.6 is 0 Å². The summed E-state index contributed by atoms with van der Waals surface area (Å²) in [4.78, 5) is 26.2. The van der Waals surface area contributed by atoms with Crippen LogP contribution in [-0.2, 0) is 17.9 Å². The van der Waals surface area contributed by atoms with E-state index in [9.17, 15) is 9.59 Å². The summed E-state index contributed by atoms with van der Waals surface area (Å²) in [5.74, 6) is 1.40. The van der Waals surface area contributed by atoms with Crippen molar-refractivity contribution in [3.63, 3.8) is 0 Å². The fourth-order valence-corrected chi connectivity index (χ4v) is 3.20. The minimum Gasteiger partial charge on any atom is -0.497 e. The fraction of sp³-hybridized carbons (Fsp3) is 0.333. The molecule has 27 heavy (non-hydrogen) atoms. The van der Waals surface area contributed by atoms with Gasteiger partial charge in [0.05, 0.1) is 14.2 Å². The van der Waals surface area contributed by atoms with Gasteiger partial charge in [0.15, 0.2) is 0 Å². The zero-order valence-electron chi connectivity index (χ0n) is 15.7. The number of rotatable bonds is 7. The Labute approximate surface area is 159 Å². The SMILES string of the molecule is COc1ccc(OC)c(CNC(=O)c2cccc(CN3CCCC3=O)c2)c1. The Balaban J connectivity index is 1.66. The standard InChI is InChI=1S/C21H24N2O4/c1-26-18-8-9-19(27-2)17(12-18)13-22-21(25)16-6-3-5-15(11-16)14-23-10-4-7-20(23)24/h3,5-6,8-9,11-12H,4,7,10,13-14H2,1-2H3,(H,22,25). The lowest BCUT2D eigenvalue weighted by atomic mass is 10.1. The number of methoxy groups -OCH3 is 2. The molecule has 1 heterocycles.